The maximum Gasteiger partial charge on any atom is 0.410 e. The summed E-state index contributed by atoms with van der Waals surface area (Å²) in [5.41, 5.74) is -1.11. The summed E-state index contributed by atoms with van der Waals surface area (Å²) in [5.74, 6) is -1.59. The van der Waals surface area contributed by atoms with Gasteiger partial charge in [-0.3, -0.25) is 14.4 Å². The number of carbonyl (C=O) groups excluding carboxylic acids is 3. The summed E-state index contributed by atoms with van der Waals surface area (Å²) < 4.78 is 21.6. The van der Waals surface area contributed by atoms with E-state index < -0.39 is 17.2 Å². The fourth-order valence-corrected chi connectivity index (χ4v) is 3.59. The van der Waals surface area contributed by atoms with Crippen molar-refractivity contribution in [3.05, 3.63) is 0 Å². The van der Waals surface area contributed by atoms with Gasteiger partial charge in [0.1, 0.15) is 11.2 Å². The van der Waals surface area contributed by atoms with Crippen LogP contribution >= 0.6 is 0 Å². The van der Waals surface area contributed by atoms with Gasteiger partial charge in [-0.15, -0.1) is 0 Å². The highest BCUT2D eigenvalue weighted by molar-refractivity contribution is 5.81. The normalized spacial score (nSPS) is 14.9. The SMILES string of the molecule is CC(C)(C)OC(=O)CCOCCOCCN(C(=O)CCC(=O)O)C1CCN(C(=O)OC(C)(C)C)CC1. The van der Waals surface area contributed by atoms with Crippen molar-refractivity contribution in [1.82, 2.24) is 9.80 Å². The van der Waals surface area contributed by atoms with Crippen molar-refractivity contribution in [2.24, 2.45) is 0 Å². The number of carbonyl (C=O) groups is 4. The van der Waals surface area contributed by atoms with E-state index in [2.05, 4.69) is 0 Å². The number of esters is 1. The lowest BCUT2D eigenvalue weighted by Gasteiger charge is -2.39. The van der Waals surface area contributed by atoms with Crippen LogP contribution in [0.25, 0.3) is 0 Å². The minimum Gasteiger partial charge on any atom is -0.481 e. The monoisotopic (exact) mass is 516 g/mol. The Labute approximate surface area is 214 Å². The Kier molecular flexibility index (Phi) is 13.2. The molecule has 1 N–H and O–H groups in total. The van der Waals surface area contributed by atoms with Gasteiger partial charge in [-0.05, 0) is 54.4 Å². The van der Waals surface area contributed by atoms with Gasteiger partial charge in [0.05, 0.1) is 39.3 Å². The van der Waals surface area contributed by atoms with E-state index in [9.17, 15) is 19.2 Å². The van der Waals surface area contributed by atoms with E-state index in [0.29, 0.717) is 45.7 Å². The molecule has 1 rings (SSSR count). The number of aliphatic carboxylic acids is 1. The molecular weight excluding hydrogens is 472 g/mol. The quantitative estimate of drug-likeness (QED) is 0.290. The van der Waals surface area contributed by atoms with Gasteiger partial charge >= 0.3 is 18.0 Å². The zero-order chi connectivity index (χ0) is 27.4. The Hall–Kier alpha value is -2.40. The summed E-state index contributed by atoms with van der Waals surface area (Å²) in [5, 5.41) is 8.95. The number of rotatable bonds is 13. The molecule has 0 spiro atoms. The lowest BCUT2D eigenvalue weighted by Crippen LogP contribution is -2.50. The van der Waals surface area contributed by atoms with Gasteiger partial charge in [0.2, 0.25) is 5.91 Å². The number of carboxylic acid groups (broad SMARTS) is 1. The summed E-state index contributed by atoms with van der Waals surface area (Å²) in [7, 11) is 0. The van der Waals surface area contributed by atoms with E-state index in [1.54, 1.807) is 30.6 Å². The molecule has 11 heteroatoms. The lowest BCUT2D eigenvalue weighted by atomic mass is 10.0. The van der Waals surface area contributed by atoms with Crippen LogP contribution in [0.2, 0.25) is 0 Å². The first kappa shape index (κ1) is 31.6. The minimum atomic E-state index is -1.03. The van der Waals surface area contributed by atoms with Crippen LogP contribution in [-0.4, -0.2) is 102 Å². The molecular formula is C25H44N2O9. The molecule has 1 aliphatic rings. The molecule has 1 aliphatic heterocycles. The molecule has 1 fully saturated rings. The molecule has 0 saturated carbocycles. The van der Waals surface area contributed by atoms with Crippen molar-refractivity contribution in [1.29, 1.82) is 0 Å². The Morgan fingerprint density at radius 1 is 0.806 bits per heavy atom. The molecule has 1 saturated heterocycles. The number of hydrogen-bond acceptors (Lipinski definition) is 8. The molecule has 1 heterocycles. The smallest absolute Gasteiger partial charge is 0.410 e. The average molecular weight is 517 g/mol. The van der Waals surface area contributed by atoms with E-state index in [0.717, 1.165) is 0 Å². The van der Waals surface area contributed by atoms with E-state index in [1.807, 2.05) is 20.8 Å². The number of carboxylic acids is 1. The highest BCUT2D eigenvalue weighted by atomic mass is 16.6. The van der Waals surface area contributed by atoms with Gasteiger partial charge in [-0.2, -0.15) is 0 Å². The third-order valence-corrected chi connectivity index (χ3v) is 5.15. The van der Waals surface area contributed by atoms with E-state index >= 15 is 0 Å². The zero-order valence-electron chi connectivity index (χ0n) is 22.7. The van der Waals surface area contributed by atoms with Crippen LogP contribution in [0, 0.1) is 0 Å². The fourth-order valence-electron chi connectivity index (χ4n) is 3.59. The average Bonchev–Trinajstić information content (AvgIpc) is 2.74. The number of likely N-dealkylation sites (tertiary alicyclic amines) is 1. The Balaban J connectivity index is 2.44. The summed E-state index contributed by atoms with van der Waals surface area (Å²) in [4.78, 5) is 51.0. The van der Waals surface area contributed by atoms with Gasteiger partial charge in [-0.25, -0.2) is 4.79 Å². The maximum absolute atomic E-state index is 12.8. The van der Waals surface area contributed by atoms with Crippen LogP contribution in [0.1, 0.15) is 73.6 Å². The van der Waals surface area contributed by atoms with Crippen molar-refractivity contribution in [3.63, 3.8) is 0 Å². The topological polar surface area (TPSA) is 132 Å². The first-order valence-corrected chi connectivity index (χ1v) is 12.5. The molecule has 36 heavy (non-hydrogen) atoms. The summed E-state index contributed by atoms with van der Waals surface area (Å²) in [6, 6.07) is -0.112. The molecule has 208 valence electrons. The predicted octanol–water partition coefficient (Wildman–Crippen LogP) is 2.84. The Morgan fingerprint density at radius 3 is 1.89 bits per heavy atom. The Bertz CT molecular complexity index is 720. The first-order valence-electron chi connectivity index (χ1n) is 12.5. The van der Waals surface area contributed by atoms with Gasteiger partial charge in [0.25, 0.3) is 0 Å². The van der Waals surface area contributed by atoms with Crippen molar-refractivity contribution < 1.29 is 43.2 Å². The first-order chi connectivity index (χ1) is 16.7. The number of piperidine rings is 1. The van der Waals surface area contributed by atoms with E-state index in [-0.39, 0.29) is 56.5 Å². The number of ether oxygens (including phenoxy) is 4. The molecule has 0 radical (unpaired) electrons. The highest BCUT2D eigenvalue weighted by Crippen LogP contribution is 2.20. The van der Waals surface area contributed by atoms with Crippen molar-refractivity contribution >= 4 is 23.9 Å². The summed E-state index contributed by atoms with van der Waals surface area (Å²) in [6.45, 7) is 13.2. The fraction of sp³-hybridized carbons (Fsp3) is 0.840. The minimum absolute atomic E-state index is 0.0879. The molecule has 0 atom stereocenters. The van der Waals surface area contributed by atoms with Crippen molar-refractivity contribution in [2.45, 2.75) is 90.9 Å². The molecule has 0 bridgehead atoms. The summed E-state index contributed by atoms with van der Waals surface area (Å²) in [6.07, 6.45) is 0.607. The molecule has 0 aromatic carbocycles. The van der Waals surface area contributed by atoms with Crippen LogP contribution < -0.4 is 0 Å². The van der Waals surface area contributed by atoms with Crippen LogP contribution in [0.15, 0.2) is 0 Å². The third-order valence-electron chi connectivity index (χ3n) is 5.15. The number of hydrogen-bond donors (Lipinski definition) is 1. The Morgan fingerprint density at radius 2 is 1.36 bits per heavy atom. The van der Waals surface area contributed by atoms with Crippen LogP contribution in [0.5, 0.6) is 0 Å². The summed E-state index contributed by atoms with van der Waals surface area (Å²) >= 11 is 0. The van der Waals surface area contributed by atoms with Crippen LogP contribution in [0.3, 0.4) is 0 Å². The number of amides is 2. The third kappa shape index (κ3) is 14.2. The van der Waals surface area contributed by atoms with Crippen LogP contribution in [0.4, 0.5) is 4.79 Å². The molecule has 2 amide bonds. The second kappa shape index (κ2) is 15.0. The lowest BCUT2D eigenvalue weighted by molar-refractivity contribution is -0.156. The van der Waals surface area contributed by atoms with E-state index in [4.69, 9.17) is 24.1 Å². The van der Waals surface area contributed by atoms with Crippen molar-refractivity contribution in [2.75, 3.05) is 46.1 Å². The highest BCUT2D eigenvalue weighted by Gasteiger charge is 2.31. The van der Waals surface area contributed by atoms with Gasteiger partial charge in [0, 0.05) is 32.1 Å². The van der Waals surface area contributed by atoms with Crippen LogP contribution in [-0.2, 0) is 33.3 Å². The van der Waals surface area contributed by atoms with E-state index in [1.165, 1.54) is 0 Å². The molecule has 0 aromatic heterocycles. The second-order valence-electron chi connectivity index (χ2n) is 10.7. The van der Waals surface area contributed by atoms with Crippen molar-refractivity contribution in [3.8, 4) is 0 Å². The van der Waals surface area contributed by atoms with Gasteiger partial charge in [0.15, 0.2) is 0 Å². The molecule has 0 aliphatic carbocycles. The zero-order valence-corrected chi connectivity index (χ0v) is 22.7. The maximum atomic E-state index is 12.8. The predicted molar refractivity (Wildman–Crippen MR) is 132 cm³/mol. The molecule has 11 nitrogen and oxygen atoms in total. The van der Waals surface area contributed by atoms with Gasteiger partial charge in [-0.1, -0.05) is 0 Å². The number of nitrogens with zero attached hydrogens (tertiary/aromatic N) is 2. The standard InChI is InChI=1S/C25H44N2O9/c1-24(2,3)35-22(31)11-15-33-17-18-34-16-14-27(20(28)7-8-21(29)30)19-9-12-26(13-10-19)23(32)36-25(4,5)6/h19H,7-18H2,1-6H3,(H,29,30). The largest absolute Gasteiger partial charge is 0.481 e. The molecule has 0 aromatic rings. The molecule has 0 unspecified atom stereocenters. The van der Waals surface area contributed by atoms with Gasteiger partial charge < -0.3 is 33.9 Å². The second-order valence-corrected chi connectivity index (χ2v) is 10.7.